The van der Waals surface area contributed by atoms with Gasteiger partial charge in [0.25, 0.3) is 0 Å². The molecule has 0 fully saturated rings. The van der Waals surface area contributed by atoms with Crippen LogP contribution in [0.25, 0.3) is 0 Å². The van der Waals surface area contributed by atoms with E-state index in [0.29, 0.717) is 31.2 Å². The summed E-state index contributed by atoms with van der Waals surface area (Å²) in [6.07, 6.45) is 1.35. The van der Waals surface area contributed by atoms with Crippen molar-refractivity contribution in [2.24, 2.45) is 0 Å². The summed E-state index contributed by atoms with van der Waals surface area (Å²) in [4.78, 5) is 33.0. The number of rotatable bonds is 5. The Balaban J connectivity index is 0.000000197. The zero-order valence-corrected chi connectivity index (χ0v) is 14.5. The Morgan fingerprint density at radius 3 is 1.81 bits per heavy atom. The van der Waals surface area contributed by atoms with E-state index in [-0.39, 0.29) is 12.5 Å². The van der Waals surface area contributed by atoms with E-state index in [4.69, 9.17) is 4.74 Å². The SMILES string of the molecule is CCOCc1n[nH]c(=O)o1.CCc1n[nH]c(=O)o1.CCc1noc(=O)[nH]1. The fourth-order valence-corrected chi connectivity index (χ4v) is 1.34. The molecule has 3 N–H and O–H groups in total. The molecule has 13 heteroatoms. The fraction of sp³-hybridized carbons (Fsp3) is 0.538. The van der Waals surface area contributed by atoms with Gasteiger partial charge >= 0.3 is 17.3 Å². The summed E-state index contributed by atoms with van der Waals surface area (Å²) in [5.74, 6) is -0.185. The van der Waals surface area contributed by atoms with Gasteiger partial charge in [-0.3, -0.25) is 9.51 Å². The normalized spacial score (nSPS) is 9.81. The van der Waals surface area contributed by atoms with Crippen LogP contribution in [0.5, 0.6) is 0 Å². The van der Waals surface area contributed by atoms with E-state index < -0.39 is 17.3 Å². The summed E-state index contributed by atoms with van der Waals surface area (Å²) in [6.45, 7) is 6.42. The first kappa shape index (κ1) is 20.8. The molecule has 0 bridgehead atoms. The van der Waals surface area contributed by atoms with Gasteiger partial charge in [-0.15, -0.1) is 10.2 Å². The first-order valence-electron chi connectivity index (χ1n) is 7.69. The minimum absolute atomic E-state index is 0.245. The van der Waals surface area contributed by atoms with Crippen LogP contribution in [-0.2, 0) is 24.2 Å². The van der Waals surface area contributed by atoms with Crippen LogP contribution >= 0.6 is 0 Å². The lowest BCUT2D eigenvalue weighted by atomic mass is 10.5. The lowest BCUT2D eigenvalue weighted by Crippen LogP contribution is -1.95. The number of H-pyrrole nitrogens is 3. The molecule has 3 aromatic heterocycles. The lowest BCUT2D eigenvalue weighted by molar-refractivity contribution is 0.113. The number of nitrogens with one attached hydrogen (secondary N) is 3. The van der Waals surface area contributed by atoms with Crippen LogP contribution in [0.1, 0.15) is 38.4 Å². The van der Waals surface area contributed by atoms with E-state index in [1.807, 2.05) is 20.8 Å². The smallest absolute Gasteiger partial charge is 0.393 e. The molecule has 0 aliphatic rings. The zero-order chi connectivity index (χ0) is 19.4. The lowest BCUT2D eigenvalue weighted by Gasteiger charge is -1.91. The van der Waals surface area contributed by atoms with Crippen molar-refractivity contribution in [2.45, 2.75) is 40.2 Å². The van der Waals surface area contributed by atoms with Gasteiger partial charge in [-0.1, -0.05) is 19.0 Å². The van der Waals surface area contributed by atoms with Gasteiger partial charge in [-0.2, -0.15) is 0 Å². The standard InChI is InChI=1S/C5H8N2O3.2C4H6N2O2/c1-2-9-3-4-6-7-5(8)10-4;1-2-3-5-6-4(7)8-3;1-2-3-5-4(7)8-6-3/h2-3H2,1H3,(H,7,8);2H2,1H3,(H,6,7);2H2,1H3,(H,5,6,7). The Bertz CT molecular complexity index is 850. The Kier molecular flexibility index (Phi) is 9.09. The average molecular weight is 372 g/mol. The predicted molar refractivity (Wildman–Crippen MR) is 85.5 cm³/mol. The highest BCUT2D eigenvalue weighted by Crippen LogP contribution is 1.89. The van der Waals surface area contributed by atoms with E-state index in [1.165, 1.54) is 0 Å². The third-order valence-corrected chi connectivity index (χ3v) is 2.52. The first-order valence-corrected chi connectivity index (χ1v) is 7.69. The molecule has 0 radical (unpaired) electrons. The van der Waals surface area contributed by atoms with Crippen molar-refractivity contribution < 1.29 is 18.1 Å². The van der Waals surface area contributed by atoms with Crippen molar-refractivity contribution in [2.75, 3.05) is 6.61 Å². The van der Waals surface area contributed by atoms with Crippen molar-refractivity contribution in [3.05, 3.63) is 49.3 Å². The molecule has 13 nitrogen and oxygen atoms in total. The maximum absolute atomic E-state index is 10.3. The Morgan fingerprint density at radius 2 is 1.50 bits per heavy atom. The third kappa shape index (κ3) is 8.05. The van der Waals surface area contributed by atoms with Crippen LogP contribution in [0.15, 0.2) is 27.7 Å². The van der Waals surface area contributed by atoms with Crippen molar-refractivity contribution in [3.8, 4) is 0 Å². The number of aryl methyl sites for hydroxylation is 2. The van der Waals surface area contributed by atoms with Gasteiger partial charge in [-0.25, -0.2) is 24.6 Å². The van der Waals surface area contributed by atoms with Crippen molar-refractivity contribution >= 4 is 0 Å². The topological polar surface area (TPSA) is 186 Å². The van der Waals surface area contributed by atoms with E-state index >= 15 is 0 Å². The molecule has 0 unspecified atom stereocenters. The van der Waals surface area contributed by atoms with Gasteiger partial charge in [-0.05, 0) is 6.92 Å². The Morgan fingerprint density at radius 1 is 0.885 bits per heavy atom. The number of hydrogen-bond acceptors (Lipinski definition) is 10. The molecule has 3 heterocycles. The number of hydrogen-bond donors (Lipinski definition) is 3. The monoisotopic (exact) mass is 372 g/mol. The summed E-state index contributed by atoms with van der Waals surface area (Å²) in [5.41, 5.74) is 0. The third-order valence-electron chi connectivity index (χ3n) is 2.52. The van der Waals surface area contributed by atoms with Crippen LogP contribution in [-0.4, -0.2) is 37.1 Å². The molecule has 0 aromatic carbocycles. The second-order valence-electron chi connectivity index (χ2n) is 4.40. The van der Waals surface area contributed by atoms with Crippen LogP contribution in [0, 0.1) is 0 Å². The average Bonchev–Trinajstić information content (AvgIpc) is 3.35. The molecule has 0 saturated heterocycles. The molecule has 0 atom stereocenters. The van der Waals surface area contributed by atoms with Gasteiger partial charge in [0, 0.05) is 19.4 Å². The van der Waals surface area contributed by atoms with Gasteiger partial charge in [0.2, 0.25) is 11.8 Å². The Labute approximate surface area is 145 Å². The number of ether oxygens (including phenoxy) is 1. The maximum Gasteiger partial charge on any atom is 0.438 e. The summed E-state index contributed by atoms with van der Waals surface area (Å²) in [5, 5.41) is 14.7. The highest BCUT2D eigenvalue weighted by Gasteiger charge is 1.98. The number of aromatic nitrogens is 6. The molecule has 3 aromatic rings. The first-order chi connectivity index (χ1) is 12.5. The molecule has 0 saturated carbocycles. The van der Waals surface area contributed by atoms with Crippen LogP contribution in [0.4, 0.5) is 0 Å². The molecule has 0 amide bonds. The number of aromatic amines is 3. The summed E-state index contributed by atoms with van der Waals surface area (Å²) in [6, 6.07) is 0. The molecular formula is C13H20N6O7. The van der Waals surface area contributed by atoms with E-state index in [9.17, 15) is 14.4 Å². The van der Waals surface area contributed by atoms with Crippen LogP contribution in [0.3, 0.4) is 0 Å². The molecule has 26 heavy (non-hydrogen) atoms. The minimum atomic E-state index is -0.547. The van der Waals surface area contributed by atoms with E-state index in [2.05, 4.69) is 43.9 Å². The Hall–Kier alpha value is -3.22. The second kappa shape index (κ2) is 11.4. The van der Waals surface area contributed by atoms with Crippen LogP contribution in [0.2, 0.25) is 0 Å². The maximum atomic E-state index is 10.3. The van der Waals surface area contributed by atoms with Crippen molar-refractivity contribution in [1.82, 2.24) is 30.5 Å². The fourth-order valence-electron chi connectivity index (χ4n) is 1.34. The number of nitrogens with zero attached hydrogens (tertiary/aromatic N) is 3. The molecule has 3 rings (SSSR count). The summed E-state index contributed by atoms with van der Waals surface area (Å²) >= 11 is 0. The molecule has 0 aliphatic heterocycles. The quantitative estimate of drug-likeness (QED) is 0.539. The zero-order valence-electron chi connectivity index (χ0n) is 14.5. The summed E-state index contributed by atoms with van der Waals surface area (Å²) < 4.78 is 18.2. The van der Waals surface area contributed by atoms with Gasteiger partial charge in [0.15, 0.2) is 5.82 Å². The second-order valence-corrected chi connectivity index (χ2v) is 4.40. The molecule has 144 valence electrons. The molecule has 0 spiro atoms. The summed E-state index contributed by atoms with van der Waals surface area (Å²) in [7, 11) is 0. The molecule has 0 aliphatic carbocycles. The minimum Gasteiger partial charge on any atom is -0.393 e. The van der Waals surface area contributed by atoms with Gasteiger partial charge < -0.3 is 13.6 Å². The van der Waals surface area contributed by atoms with Gasteiger partial charge in [0.1, 0.15) is 6.61 Å². The van der Waals surface area contributed by atoms with Crippen molar-refractivity contribution in [3.63, 3.8) is 0 Å². The predicted octanol–water partition coefficient (Wildman–Crippen LogP) is -0.250. The molecular weight excluding hydrogens is 352 g/mol. The highest BCUT2D eigenvalue weighted by atomic mass is 16.5. The van der Waals surface area contributed by atoms with Gasteiger partial charge in [0.05, 0.1) is 0 Å². The van der Waals surface area contributed by atoms with E-state index in [0.717, 1.165) is 0 Å². The largest absolute Gasteiger partial charge is 0.438 e. The van der Waals surface area contributed by atoms with E-state index in [1.54, 1.807) is 0 Å². The van der Waals surface area contributed by atoms with Crippen LogP contribution < -0.4 is 17.3 Å². The van der Waals surface area contributed by atoms with Crippen molar-refractivity contribution in [1.29, 1.82) is 0 Å². The highest BCUT2D eigenvalue weighted by molar-refractivity contribution is 4.74.